The van der Waals surface area contributed by atoms with Crippen molar-refractivity contribution in [2.45, 2.75) is 0 Å². The van der Waals surface area contributed by atoms with E-state index in [1.807, 2.05) is 42.5 Å². The van der Waals surface area contributed by atoms with Crippen LogP contribution >= 0.6 is 11.6 Å². The summed E-state index contributed by atoms with van der Waals surface area (Å²) >= 11 is 6.21. The zero-order valence-electron chi connectivity index (χ0n) is 12.7. The minimum absolute atomic E-state index is 0.391. The highest BCUT2D eigenvalue weighted by Gasteiger charge is 2.16. The predicted octanol–water partition coefficient (Wildman–Crippen LogP) is 4.61. The van der Waals surface area contributed by atoms with Gasteiger partial charge in [0, 0.05) is 17.0 Å². The summed E-state index contributed by atoms with van der Waals surface area (Å²) in [6.45, 7) is 0. The molecule has 0 spiro atoms. The molecular weight excluding hydrogens is 326 g/mol. The Morgan fingerprint density at radius 2 is 1.75 bits per heavy atom. The lowest BCUT2D eigenvalue weighted by atomic mass is 10.1. The van der Waals surface area contributed by atoms with Crippen molar-refractivity contribution in [3.8, 4) is 28.7 Å². The third kappa shape index (κ3) is 2.49. The first kappa shape index (κ1) is 14.7. The molecule has 5 nitrogen and oxygen atoms in total. The summed E-state index contributed by atoms with van der Waals surface area (Å²) in [6.07, 6.45) is 0. The first-order valence-electron chi connectivity index (χ1n) is 7.29. The van der Waals surface area contributed by atoms with Gasteiger partial charge in [-0.3, -0.25) is 0 Å². The van der Waals surface area contributed by atoms with E-state index in [0.29, 0.717) is 22.6 Å². The minimum Gasteiger partial charge on any atom is -0.481 e. The molecule has 0 fully saturated rings. The van der Waals surface area contributed by atoms with Crippen LogP contribution < -0.4 is 4.74 Å². The fourth-order valence-electron chi connectivity index (χ4n) is 2.52. The van der Waals surface area contributed by atoms with Gasteiger partial charge < -0.3 is 9.26 Å². The zero-order chi connectivity index (χ0) is 16.5. The lowest BCUT2D eigenvalue weighted by molar-refractivity contribution is 0.399. The molecule has 0 radical (unpaired) electrons. The smallest absolute Gasteiger partial charge is 0.259 e. The molecule has 0 amide bonds. The quantitative estimate of drug-likeness (QED) is 0.546. The molecule has 0 N–H and O–H groups in total. The first-order chi connectivity index (χ1) is 11.8. The Morgan fingerprint density at radius 1 is 0.958 bits per heavy atom. The summed E-state index contributed by atoms with van der Waals surface area (Å²) in [6, 6.07) is 16.9. The summed E-state index contributed by atoms with van der Waals surface area (Å²) in [5.41, 5.74) is 2.28. The number of ether oxygens (including phenoxy) is 1. The van der Waals surface area contributed by atoms with Crippen LogP contribution in [0.15, 0.2) is 59.1 Å². The van der Waals surface area contributed by atoms with Gasteiger partial charge in [0.05, 0.1) is 23.2 Å². The second-order valence-corrected chi connectivity index (χ2v) is 5.54. The molecule has 118 valence electrons. The SMILES string of the molecule is COc1cc(-c2nc(-c3ccccc3Cl)no2)c2ccccc2n1. The predicted molar refractivity (Wildman–Crippen MR) is 92.0 cm³/mol. The first-order valence-corrected chi connectivity index (χ1v) is 7.67. The highest BCUT2D eigenvalue weighted by molar-refractivity contribution is 6.33. The number of nitrogens with zero attached hydrogens (tertiary/aromatic N) is 3. The molecule has 0 aliphatic carbocycles. The molecule has 6 heteroatoms. The van der Waals surface area contributed by atoms with Gasteiger partial charge in [0.25, 0.3) is 5.89 Å². The summed E-state index contributed by atoms with van der Waals surface area (Å²) in [7, 11) is 1.57. The summed E-state index contributed by atoms with van der Waals surface area (Å²) in [4.78, 5) is 8.92. The average molecular weight is 338 g/mol. The molecule has 0 atom stereocenters. The Morgan fingerprint density at radius 3 is 2.58 bits per heavy atom. The van der Waals surface area contributed by atoms with Crippen molar-refractivity contribution in [3.05, 3.63) is 59.6 Å². The summed E-state index contributed by atoms with van der Waals surface area (Å²) in [5, 5.41) is 5.54. The van der Waals surface area contributed by atoms with E-state index >= 15 is 0 Å². The summed E-state index contributed by atoms with van der Waals surface area (Å²) in [5.74, 6) is 1.32. The second kappa shape index (κ2) is 5.94. The van der Waals surface area contributed by atoms with Gasteiger partial charge in [-0.05, 0) is 18.2 Å². The molecular formula is C18H12ClN3O2. The fourth-order valence-corrected chi connectivity index (χ4v) is 2.74. The van der Waals surface area contributed by atoms with Crippen LogP contribution in [0.2, 0.25) is 5.02 Å². The van der Waals surface area contributed by atoms with Crippen LogP contribution in [0.25, 0.3) is 33.7 Å². The normalized spacial score (nSPS) is 10.9. The van der Waals surface area contributed by atoms with Crippen molar-refractivity contribution < 1.29 is 9.26 Å². The van der Waals surface area contributed by atoms with Gasteiger partial charge >= 0.3 is 0 Å². The number of aromatic nitrogens is 3. The van der Waals surface area contributed by atoms with Crippen molar-refractivity contribution in [1.82, 2.24) is 15.1 Å². The Balaban J connectivity index is 1.88. The number of halogens is 1. The Labute approximate surface area is 142 Å². The topological polar surface area (TPSA) is 61.0 Å². The van der Waals surface area contributed by atoms with E-state index in [9.17, 15) is 0 Å². The van der Waals surface area contributed by atoms with Gasteiger partial charge in [-0.25, -0.2) is 4.98 Å². The lowest BCUT2D eigenvalue weighted by Gasteiger charge is -2.05. The van der Waals surface area contributed by atoms with Crippen LogP contribution in [0.5, 0.6) is 5.88 Å². The highest BCUT2D eigenvalue weighted by Crippen LogP contribution is 2.32. The molecule has 0 saturated heterocycles. The van der Waals surface area contributed by atoms with Gasteiger partial charge in [0.1, 0.15) is 0 Å². The number of rotatable bonds is 3. The van der Waals surface area contributed by atoms with Crippen LogP contribution in [0.3, 0.4) is 0 Å². The van der Waals surface area contributed by atoms with Crippen molar-refractivity contribution in [1.29, 1.82) is 0 Å². The Bertz CT molecular complexity index is 1030. The average Bonchev–Trinajstić information content (AvgIpc) is 3.10. The molecule has 0 bridgehead atoms. The van der Waals surface area contributed by atoms with Crippen LogP contribution in [-0.4, -0.2) is 22.2 Å². The van der Waals surface area contributed by atoms with E-state index in [1.165, 1.54) is 0 Å². The maximum absolute atomic E-state index is 6.21. The Hall–Kier alpha value is -2.92. The fraction of sp³-hybridized carbons (Fsp3) is 0.0556. The minimum atomic E-state index is 0.391. The maximum atomic E-state index is 6.21. The zero-order valence-corrected chi connectivity index (χ0v) is 13.5. The van der Waals surface area contributed by atoms with Crippen LogP contribution in [-0.2, 0) is 0 Å². The van der Waals surface area contributed by atoms with E-state index in [2.05, 4.69) is 15.1 Å². The maximum Gasteiger partial charge on any atom is 0.259 e. The van der Waals surface area contributed by atoms with E-state index in [4.69, 9.17) is 20.9 Å². The van der Waals surface area contributed by atoms with Gasteiger partial charge in [-0.1, -0.05) is 47.1 Å². The molecule has 0 aliphatic rings. The third-order valence-corrected chi connectivity index (χ3v) is 4.00. The molecule has 2 heterocycles. The van der Waals surface area contributed by atoms with E-state index < -0.39 is 0 Å². The van der Waals surface area contributed by atoms with E-state index in [1.54, 1.807) is 19.2 Å². The summed E-state index contributed by atoms with van der Waals surface area (Å²) < 4.78 is 10.7. The largest absolute Gasteiger partial charge is 0.481 e. The van der Waals surface area contributed by atoms with Crippen molar-refractivity contribution in [3.63, 3.8) is 0 Å². The number of benzene rings is 2. The molecule has 4 aromatic rings. The van der Waals surface area contributed by atoms with Crippen molar-refractivity contribution >= 4 is 22.5 Å². The number of hydrogen-bond donors (Lipinski definition) is 0. The van der Waals surface area contributed by atoms with E-state index in [0.717, 1.165) is 22.0 Å². The highest BCUT2D eigenvalue weighted by atomic mass is 35.5. The van der Waals surface area contributed by atoms with Crippen LogP contribution in [0.1, 0.15) is 0 Å². The number of pyridine rings is 1. The van der Waals surface area contributed by atoms with Gasteiger partial charge in [0.2, 0.25) is 11.7 Å². The Kier molecular flexibility index (Phi) is 3.63. The lowest BCUT2D eigenvalue weighted by Crippen LogP contribution is -1.91. The van der Waals surface area contributed by atoms with E-state index in [-0.39, 0.29) is 0 Å². The third-order valence-electron chi connectivity index (χ3n) is 3.67. The van der Waals surface area contributed by atoms with Gasteiger partial charge in [-0.15, -0.1) is 0 Å². The van der Waals surface area contributed by atoms with Crippen molar-refractivity contribution in [2.24, 2.45) is 0 Å². The number of hydrogen-bond acceptors (Lipinski definition) is 5. The van der Waals surface area contributed by atoms with Gasteiger partial charge in [-0.2, -0.15) is 4.98 Å². The van der Waals surface area contributed by atoms with Gasteiger partial charge in [0.15, 0.2) is 0 Å². The molecule has 0 saturated carbocycles. The number of para-hydroxylation sites is 1. The van der Waals surface area contributed by atoms with Crippen LogP contribution in [0, 0.1) is 0 Å². The number of fused-ring (bicyclic) bond motifs is 1. The monoisotopic (exact) mass is 337 g/mol. The standard InChI is InChI=1S/C18H12ClN3O2/c1-23-16-10-13(11-6-3-5-9-15(11)20-16)18-21-17(22-24-18)12-7-2-4-8-14(12)19/h2-10H,1H3. The number of methoxy groups -OCH3 is 1. The van der Waals surface area contributed by atoms with Crippen LogP contribution in [0.4, 0.5) is 0 Å². The molecule has 0 aliphatic heterocycles. The molecule has 0 unspecified atom stereocenters. The second-order valence-electron chi connectivity index (χ2n) is 5.13. The molecule has 2 aromatic heterocycles. The molecule has 4 rings (SSSR count). The molecule has 2 aromatic carbocycles. The van der Waals surface area contributed by atoms with Crippen molar-refractivity contribution in [2.75, 3.05) is 7.11 Å². The molecule has 24 heavy (non-hydrogen) atoms.